The van der Waals surface area contributed by atoms with Crippen molar-refractivity contribution in [3.05, 3.63) is 53.5 Å². The van der Waals surface area contributed by atoms with Crippen molar-refractivity contribution >= 4 is 76.3 Å². The fourth-order valence-corrected chi connectivity index (χ4v) is 2.36. The highest BCUT2D eigenvalue weighted by molar-refractivity contribution is 7.71. The summed E-state index contributed by atoms with van der Waals surface area (Å²) < 4.78 is 0.178. The van der Waals surface area contributed by atoms with Crippen LogP contribution in [0.5, 0.6) is 0 Å². The molecule has 218 valence electrons. The van der Waals surface area contributed by atoms with E-state index in [4.69, 9.17) is 45.9 Å². The van der Waals surface area contributed by atoms with E-state index in [9.17, 15) is 24.1 Å². The van der Waals surface area contributed by atoms with Crippen molar-refractivity contribution in [3.63, 3.8) is 0 Å². The number of carbonyl (C=O) groups excluding carboxylic acids is 1. The number of nitrogens with zero attached hydrogens (tertiary/aromatic N) is 5. The molecule has 0 aliphatic rings. The number of nitrogens with one attached hydrogen (secondary N) is 5. The van der Waals surface area contributed by atoms with Gasteiger partial charge in [0.05, 0.1) is 6.33 Å². The Kier molecular flexibility index (Phi) is 11.8. The Hall–Kier alpha value is -6.59. The normalized spacial score (nSPS) is 9.37. The number of amides is 1. The molecule has 0 bridgehead atoms. The minimum atomic E-state index is -0.701. The Balaban J connectivity index is 0.000000274. The van der Waals surface area contributed by atoms with E-state index in [1.807, 2.05) is 0 Å². The van der Waals surface area contributed by atoms with Gasteiger partial charge in [0.15, 0.2) is 33.7 Å². The number of nitrogen functional groups attached to an aromatic ring is 8. The predicted molar refractivity (Wildman–Crippen MR) is 154 cm³/mol. The van der Waals surface area contributed by atoms with E-state index >= 15 is 0 Å². The van der Waals surface area contributed by atoms with Gasteiger partial charge in [-0.05, 0) is 17.4 Å². The van der Waals surface area contributed by atoms with Crippen LogP contribution in [-0.2, 0) is 4.79 Å². The summed E-state index contributed by atoms with van der Waals surface area (Å²) in [4.78, 5) is 74.8. The fraction of sp³-hybridized carbons (Fsp3) is 0. The van der Waals surface area contributed by atoms with Crippen molar-refractivity contribution in [2.45, 2.75) is 0 Å². The molecular weight excluding hydrogens is 568 g/mol. The van der Waals surface area contributed by atoms with Gasteiger partial charge in [0, 0.05) is 0 Å². The molecule has 0 radical (unpaired) electrons. The largest absolute Gasteiger partial charge is 0.391 e. The summed E-state index contributed by atoms with van der Waals surface area (Å²) in [7, 11) is 0. The number of anilines is 9. The zero-order chi connectivity index (χ0) is 31.3. The van der Waals surface area contributed by atoms with Crippen LogP contribution in [0, 0.1) is 9.68 Å². The maximum Gasteiger partial charge on any atom is 0.348 e. The van der Waals surface area contributed by atoms with Crippen LogP contribution in [0.15, 0.2) is 32.2 Å². The average molecular weight is 593 g/mol. The van der Waals surface area contributed by atoms with Crippen molar-refractivity contribution in [3.8, 4) is 0 Å². The van der Waals surface area contributed by atoms with Crippen LogP contribution >= 0.6 is 12.2 Å². The Morgan fingerprint density at radius 1 is 0.780 bits per heavy atom. The molecule has 21 N–H and O–H groups in total. The van der Waals surface area contributed by atoms with Crippen molar-refractivity contribution in [2.75, 3.05) is 51.2 Å². The molecule has 0 unspecified atom stereocenters. The Morgan fingerprint density at radius 3 is 1.85 bits per heavy atom. The van der Waals surface area contributed by atoms with E-state index in [0.29, 0.717) is 6.41 Å². The van der Waals surface area contributed by atoms with Gasteiger partial charge in [-0.3, -0.25) is 24.4 Å². The Labute approximate surface area is 231 Å². The van der Waals surface area contributed by atoms with Gasteiger partial charge in [-0.1, -0.05) is 0 Å². The third-order valence-corrected chi connectivity index (χ3v) is 4.30. The molecule has 0 fully saturated rings. The van der Waals surface area contributed by atoms with Crippen molar-refractivity contribution in [2.24, 2.45) is 5.18 Å². The molecule has 0 aliphatic carbocycles. The standard InChI is InChI=1S/C5H7N5O.C4H5N5O2.C4H6N4OS.C4H6N4O/c6-4-3(10-2-11)5(7)9-1-8-4;5-2-1(9-11)3(6)8-4(10)7-2;5-1-2(6)7-4(10)8-3(1)9;5-2-3(6)7-1-8-4(2)9/h1-2H,(H,10,11)(H4,6,7,8,9);(H5,5,6,7,8,10);5H2,(H4,6,7,8,9,10);1H,5H2,(H3,6,7,8,9). The van der Waals surface area contributed by atoms with Crippen molar-refractivity contribution < 1.29 is 4.79 Å². The topological polar surface area (TPSA) is 433 Å². The summed E-state index contributed by atoms with van der Waals surface area (Å²) in [6.45, 7) is 0. The van der Waals surface area contributed by atoms with E-state index in [-0.39, 0.29) is 62.4 Å². The van der Waals surface area contributed by atoms with E-state index in [2.05, 4.69) is 62.6 Å². The van der Waals surface area contributed by atoms with Crippen LogP contribution < -0.4 is 68.0 Å². The maximum absolute atomic E-state index is 10.7. The van der Waals surface area contributed by atoms with Crippen LogP contribution in [0.2, 0.25) is 0 Å². The number of nitrogens with two attached hydrogens (primary N) is 8. The summed E-state index contributed by atoms with van der Waals surface area (Å²) in [6.07, 6.45) is 2.89. The molecule has 0 aromatic carbocycles. The molecule has 4 aromatic heterocycles. The smallest absolute Gasteiger partial charge is 0.348 e. The van der Waals surface area contributed by atoms with Crippen molar-refractivity contribution in [1.82, 2.24) is 39.9 Å². The number of aromatic amines is 4. The first-order chi connectivity index (χ1) is 19.2. The Morgan fingerprint density at radius 2 is 1.39 bits per heavy atom. The second-order valence-corrected chi connectivity index (χ2v) is 7.24. The highest BCUT2D eigenvalue weighted by atomic mass is 32.1. The first kappa shape index (κ1) is 32.4. The SMILES string of the molecule is Nc1[nH]c(=S)[nH]c(=O)c1N.Nc1nc(=O)[nH]c(N)c1N=O.Nc1nc[nH]c(=O)c1N.Nc1ncnc(N)c1NC=O. The first-order valence-electron chi connectivity index (χ1n) is 10.2. The quantitative estimate of drug-likeness (QED) is 0.0642. The second-order valence-electron chi connectivity index (χ2n) is 6.83. The van der Waals surface area contributed by atoms with Crippen LogP contribution in [0.3, 0.4) is 0 Å². The van der Waals surface area contributed by atoms with Gasteiger partial charge in [0.1, 0.15) is 35.0 Å². The summed E-state index contributed by atoms with van der Waals surface area (Å²) in [6, 6.07) is 0. The lowest BCUT2D eigenvalue weighted by molar-refractivity contribution is -0.105. The van der Waals surface area contributed by atoms with Gasteiger partial charge >= 0.3 is 5.69 Å². The molecule has 1 amide bonds. The molecule has 41 heavy (non-hydrogen) atoms. The zero-order valence-corrected chi connectivity index (χ0v) is 21.4. The molecule has 0 spiro atoms. The maximum atomic E-state index is 10.7. The van der Waals surface area contributed by atoms with E-state index < -0.39 is 16.8 Å². The molecule has 4 rings (SSSR count). The zero-order valence-electron chi connectivity index (χ0n) is 20.5. The molecular formula is C17H24N18O5S. The third-order valence-electron chi connectivity index (χ3n) is 4.09. The number of carbonyl (C=O) groups is 1. The lowest BCUT2D eigenvalue weighted by Gasteiger charge is -2.03. The molecule has 4 heterocycles. The number of aromatic nitrogens is 8. The summed E-state index contributed by atoms with van der Waals surface area (Å²) in [5, 5.41) is 4.77. The summed E-state index contributed by atoms with van der Waals surface area (Å²) in [5.41, 5.74) is 40.2. The van der Waals surface area contributed by atoms with Gasteiger partial charge < -0.3 is 61.2 Å². The van der Waals surface area contributed by atoms with Crippen LogP contribution in [0.4, 0.5) is 57.7 Å². The molecule has 0 aliphatic heterocycles. The second kappa shape index (κ2) is 15.0. The lowest BCUT2D eigenvalue weighted by Crippen LogP contribution is -2.15. The Bertz CT molecular complexity index is 1700. The van der Waals surface area contributed by atoms with Crippen LogP contribution in [0.25, 0.3) is 0 Å². The van der Waals surface area contributed by atoms with Crippen LogP contribution in [-0.4, -0.2) is 46.3 Å². The number of H-pyrrole nitrogens is 4. The minimum absolute atomic E-state index is 0.0301. The molecule has 0 atom stereocenters. The third kappa shape index (κ3) is 9.66. The molecule has 23 nitrogen and oxygen atoms in total. The molecule has 4 aromatic rings. The van der Waals surface area contributed by atoms with Gasteiger partial charge in [-0.2, -0.15) is 4.98 Å². The van der Waals surface area contributed by atoms with Crippen molar-refractivity contribution in [1.29, 1.82) is 0 Å². The highest BCUT2D eigenvalue weighted by Gasteiger charge is 2.06. The number of nitroso groups, excluding NO2 is 1. The van der Waals surface area contributed by atoms with E-state index in [1.165, 1.54) is 12.7 Å². The summed E-state index contributed by atoms with van der Waals surface area (Å²) in [5.74, 6) is 0.0560. The average Bonchev–Trinajstić information content (AvgIpc) is 2.89. The predicted octanol–water partition coefficient (Wildman–Crippen LogP) is -2.93. The molecule has 0 saturated heterocycles. The highest BCUT2D eigenvalue weighted by Crippen LogP contribution is 2.22. The van der Waals surface area contributed by atoms with Gasteiger partial charge in [0.2, 0.25) is 6.41 Å². The fourth-order valence-electron chi connectivity index (χ4n) is 2.16. The first-order valence-corrected chi connectivity index (χ1v) is 10.6. The molecule has 0 saturated carbocycles. The number of rotatable bonds is 3. The monoisotopic (exact) mass is 592 g/mol. The van der Waals surface area contributed by atoms with Gasteiger partial charge in [-0.15, -0.1) is 4.91 Å². The summed E-state index contributed by atoms with van der Waals surface area (Å²) >= 11 is 4.60. The van der Waals surface area contributed by atoms with Gasteiger partial charge in [-0.25, -0.2) is 19.7 Å². The van der Waals surface area contributed by atoms with Gasteiger partial charge in [0.25, 0.3) is 11.1 Å². The van der Waals surface area contributed by atoms with Crippen LogP contribution in [0.1, 0.15) is 0 Å². The minimum Gasteiger partial charge on any atom is -0.391 e. The number of hydrogen-bond donors (Lipinski definition) is 13. The van der Waals surface area contributed by atoms with E-state index in [1.54, 1.807) is 0 Å². The lowest BCUT2D eigenvalue weighted by atomic mass is 10.4. The number of hydrogen-bond acceptors (Lipinski definition) is 19. The molecule has 24 heteroatoms. The van der Waals surface area contributed by atoms with E-state index in [0.717, 1.165) is 0 Å².